The molecule has 1 saturated heterocycles. The molecule has 1 aromatic carbocycles. The molecule has 0 bridgehead atoms. The Kier molecular flexibility index (Phi) is 4.96. The van der Waals surface area contributed by atoms with Crippen molar-refractivity contribution in [3.63, 3.8) is 0 Å². The SMILES string of the molecule is CNC(=O)c1cnn2c(C3CCCCN3C(=O)c3cc(F)cc(F)c3)ccnc12. The first-order valence-electron chi connectivity index (χ1n) is 9.31. The molecule has 2 amide bonds. The molecule has 29 heavy (non-hydrogen) atoms. The van der Waals surface area contributed by atoms with Gasteiger partial charge in [0, 0.05) is 31.4 Å². The Bertz CT molecular complexity index is 1080. The van der Waals surface area contributed by atoms with Gasteiger partial charge in [-0.25, -0.2) is 18.3 Å². The van der Waals surface area contributed by atoms with Gasteiger partial charge in [0.15, 0.2) is 5.65 Å². The van der Waals surface area contributed by atoms with Crippen LogP contribution in [0.4, 0.5) is 8.78 Å². The van der Waals surface area contributed by atoms with E-state index in [2.05, 4.69) is 15.4 Å². The van der Waals surface area contributed by atoms with Crippen molar-refractivity contribution in [2.45, 2.75) is 25.3 Å². The zero-order valence-corrected chi connectivity index (χ0v) is 15.7. The molecule has 1 fully saturated rings. The third-order valence-electron chi connectivity index (χ3n) is 5.12. The van der Waals surface area contributed by atoms with Crippen LogP contribution in [0.2, 0.25) is 0 Å². The molecular formula is C20H19F2N5O2. The fourth-order valence-corrected chi connectivity index (χ4v) is 3.78. The van der Waals surface area contributed by atoms with Crippen LogP contribution in [0.15, 0.2) is 36.7 Å². The minimum Gasteiger partial charge on any atom is -0.355 e. The highest BCUT2D eigenvalue weighted by Gasteiger charge is 2.31. The van der Waals surface area contributed by atoms with Crippen molar-refractivity contribution in [1.29, 1.82) is 0 Å². The van der Waals surface area contributed by atoms with Crippen LogP contribution in [-0.4, -0.2) is 44.9 Å². The number of piperidine rings is 1. The van der Waals surface area contributed by atoms with E-state index in [0.29, 0.717) is 29.9 Å². The number of nitrogens with zero attached hydrogens (tertiary/aromatic N) is 4. The summed E-state index contributed by atoms with van der Waals surface area (Å²) >= 11 is 0. The maximum Gasteiger partial charge on any atom is 0.256 e. The number of carbonyl (C=O) groups excluding carboxylic acids is 2. The van der Waals surface area contributed by atoms with Crippen molar-refractivity contribution >= 4 is 17.5 Å². The van der Waals surface area contributed by atoms with Gasteiger partial charge < -0.3 is 10.2 Å². The standard InChI is InChI=1S/C20H19F2N5O2/c1-23-19(28)15-11-25-27-17(5-6-24-18(15)27)16-4-2-3-7-26(16)20(29)12-8-13(21)10-14(22)9-12/h5-6,8-11,16H,2-4,7H2,1H3,(H,23,28). The topological polar surface area (TPSA) is 79.6 Å². The van der Waals surface area contributed by atoms with E-state index >= 15 is 0 Å². The molecule has 150 valence electrons. The highest BCUT2D eigenvalue weighted by molar-refractivity contribution is 5.99. The van der Waals surface area contributed by atoms with E-state index in [0.717, 1.165) is 31.0 Å². The summed E-state index contributed by atoms with van der Waals surface area (Å²) in [6.45, 7) is 0.453. The molecule has 0 radical (unpaired) electrons. The fraction of sp³-hybridized carbons (Fsp3) is 0.300. The van der Waals surface area contributed by atoms with Gasteiger partial charge in [0.05, 0.1) is 17.9 Å². The number of aromatic nitrogens is 3. The van der Waals surface area contributed by atoms with E-state index in [1.807, 2.05) is 0 Å². The average Bonchev–Trinajstić information content (AvgIpc) is 3.16. The maximum absolute atomic E-state index is 13.6. The summed E-state index contributed by atoms with van der Waals surface area (Å²) in [4.78, 5) is 31.0. The Morgan fingerprint density at radius 3 is 2.66 bits per heavy atom. The van der Waals surface area contributed by atoms with Crippen molar-refractivity contribution in [2.24, 2.45) is 0 Å². The van der Waals surface area contributed by atoms with Crippen LogP contribution in [0.1, 0.15) is 51.7 Å². The van der Waals surface area contributed by atoms with E-state index in [1.54, 1.807) is 21.7 Å². The van der Waals surface area contributed by atoms with Crippen LogP contribution in [0.25, 0.3) is 5.65 Å². The number of carbonyl (C=O) groups is 2. The Balaban J connectivity index is 1.75. The van der Waals surface area contributed by atoms with Gasteiger partial charge in [-0.05, 0) is 37.5 Å². The maximum atomic E-state index is 13.6. The van der Waals surface area contributed by atoms with Crippen molar-refractivity contribution < 1.29 is 18.4 Å². The van der Waals surface area contributed by atoms with Crippen LogP contribution < -0.4 is 5.32 Å². The van der Waals surface area contributed by atoms with Gasteiger partial charge in [0.1, 0.15) is 17.2 Å². The molecule has 3 heterocycles. The van der Waals surface area contributed by atoms with Gasteiger partial charge in [-0.15, -0.1) is 0 Å². The highest BCUT2D eigenvalue weighted by Crippen LogP contribution is 2.32. The summed E-state index contributed by atoms with van der Waals surface area (Å²) in [5.74, 6) is -2.35. The van der Waals surface area contributed by atoms with E-state index in [1.165, 1.54) is 13.2 Å². The third-order valence-corrected chi connectivity index (χ3v) is 5.12. The fourth-order valence-electron chi connectivity index (χ4n) is 3.78. The second-order valence-corrected chi connectivity index (χ2v) is 6.91. The van der Waals surface area contributed by atoms with Gasteiger partial charge in [0.25, 0.3) is 11.8 Å². The molecule has 4 rings (SSSR count). The zero-order valence-electron chi connectivity index (χ0n) is 15.7. The van der Waals surface area contributed by atoms with Crippen molar-refractivity contribution in [2.75, 3.05) is 13.6 Å². The van der Waals surface area contributed by atoms with Gasteiger partial charge >= 0.3 is 0 Å². The minimum absolute atomic E-state index is 0.0359. The number of hydrogen-bond acceptors (Lipinski definition) is 4. The molecule has 1 aliphatic rings. The van der Waals surface area contributed by atoms with Crippen molar-refractivity contribution in [3.05, 3.63) is 65.1 Å². The van der Waals surface area contributed by atoms with Gasteiger partial charge in [0.2, 0.25) is 0 Å². The molecule has 1 aliphatic heterocycles. The smallest absolute Gasteiger partial charge is 0.256 e. The number of likely N-dealkylation sites (tertiary alicyclic amines) is 1. The number of amides is 2. The largest absolute Gasteiger partial charge is 0.355 e. The highest BCUT2D eigenvalue weighted by atomic mass is 19.1. The Morgan fingerprint density at radius 1 is 1.17 bits per heavy atom. The first-order valence-corrected chi connectivity index (χ1v) is 9.31. The quantitative estimate of drug-likeness (QED) is 0.735. The van der Waals surface area contributed by atoms with Crippen LogP contribution >= 0.6 is 0 Å². The monoisotopic (exact) mass is 399 g/mol. The number of nitrogens with one attached hydrogen (secondary N) is 1. The zero-order chi connectivity index (χ0) is 20.5. The first kappa shape index (κ1) is 19.0. The lowest BCUT2D eigenvalue weighted by molar-refractivity contribution is 0.0602. The van der Waals surface area contributed by atoms with Gasteiger partial charge in [-0.1, -0.05) is 0 Å². The summed E-state index contributed by atoms with van der Waals surface area (Å²) in [5.41, 5.74) is 1.37. The van der Waals surface area contributed by atoms with Gasteiger partial charge in [-0.2, -0.15) is 5.10 Å². The van der Waals surface area contributed by atoms with Crippen molar-refractivity contribution in [1.82, 2.24) is 24.8 Å². The van der Waals surface area contributed by atoms with Crippen molar-refractivity contribution in [3.8, 4) is 0 Å². The Hall–Kier alpha value is -3.36. The predicted molar refractivity (Wildman–Crippen MR) is 100 cm³/mol. The lowest BCUT2D eigenvalue weighted by atomic mass is 9.97. The second-order valence-electron chi connectivity index (χ2n) is 6.91. The van der Waals surface area contributed by atoms with Crippen LogP contribution in [0.3, 0.4) is 0 Å². The lowest BCUT2D eigenvalue weighted by Crippen LogP contribution is -2.39. The number of benzene rings is 1. The number of rotatable bonds is 3. The minimum atomic E-state index is -0.796. The number of fused-ring (bicyclic) bond motifs is 1. The predicted octanol–water partition coefficient (Wildman–Crippen LogP) is 2.73. The number of halogens is 2. The summed E-state index contributed by atoms with van der Waals surface area (Å²) in [6.07, 6.45) is 5.34. The Morgan fingerprint density at radius 2 is 1.93 bits per heavy atom. The third kappa shape index (κ3) is 3.43. The van der Waals surface area contributed by atoms with Gasteiger partial charge in [-0.3, -0.25) is 9.59 Å². The summed E-state index contributed by atoms with van der Waals surface area (Å²) in [5, 5.41) is 6.84. The molecule has 3 aromatic rings. The Labute approximate surface area is 165 Å². The average molecular weight is 399 g/mol. The molecule has 0 aliphatic carbocycles. The van der Waals surface area contributed by atoms with E-state index in [4.69, 9.17) is 0 Å². The molecule has 0 spiro atoms. The van der Waals surface area contributed by atoms with E-state index < -0.39 is 17.5 Å². The molecule has 9 heteroatoms. The summed E-state index contributed by atoms with van der Waals surface area (Å²) < 4.78 is 28.8. The van der Waals surface area contributed by atoms with E-state index in [9.17, 15) is 18.4 Å². The first-order chi connectivity index (χ1) is 14.0. The second kappa shape index (κ2) is 7.57. The molecule has 2 aromatic heterocycles. The van der Waals surface area contributed by atoms with E-state index in [-0.39, 0.29) is 17.5 Å². The van der Waals surface area contributed by atoms with Crippen LogP contribution in [-0.2, 0) is 0 Å². The molecule has 0 saturated carbocycles. The molecular weight excluding hydrogens is 380 g/mol. The normalized spacial score (nSPS) is 16.8. The molecule has 7 nitrogen and oxygen atoms in total. The lowest BCUT2D eigenvalue weighted by Gasteiger charge is -2.36. The summed E-state index contributed by atoms with van der Waals surface area (Å²) in [6, 6.07) is 4.20. The number of hydrogen-bond donors (Lipinski definition) is 1. The summed E-state index contributed by atoms with van der Waals surface area (Å²) in [7, 11) is 1.52. The molecule has 1 unspecified atom stereocenters. The molecule has 1 N–H and O–H groups in total. The van der Waals surface area contributed by atoms with Crippen LogP contribution in [0, 0.1) is 11.6 Å². The van der Waals surface area contributed by atoms with Crippen LogP contribution in [0.5, 0.6) is 0 Å². The molecule has 1 atom stereocenters.